The predicted molar refractivity (Wildman–Crippen MR) is 77.9 cm³/mol. The van der Waals surface area contributed by atoms with Gasteiger partial charge in [-0.3, -0.25) is 9.78 Å². The molecule has 3 aromatic rings. The Bertz CT molecular complexity index is 738. The van der Waals surface area contributed by atoms with Gasteiger partial charge in [-0.25, -0.2) is 0 Å². The Hall–Kier alpha value is -2.68. The summed E-state index contributed by atoms with van der Waals surface area (Å²) in [4.78, 5) is 15.4. The second kappa shape index (κ2) is 5.53. The van der Waals surface area contributed by atoms with Crippen molar-refractivity contribution in [1.82, 2.24) is 4.98 Å². The molecule has 20 heavy (non-hydrogen) atoms. The van der Waals surface area contributed by atoms with Crippen LogP contribution in [0.1, 0.15) is 15.9 Å². The van der Waals surface area contributed by atoms with Crippen LogP contribution in [0.25, 0.3) is 10.8 Å². The number of carbonyl (C=O) groups excluding carboxylic acids is 1. The lowest BCUT2D eigenvalue weighted by molar-refractivity contribution is 0.112. The van der Waals surface area contributed by atoms with Crippen molar-refractivity contribution in [2.45, 2.75) is 6.61 Å². The van der Waals surface area contributed by atoms with Crippen LogP contribution in [0.3, 0.4) is 0 Å². The predicted octanol–water partition coefficient (Wildman–Crippen LogP) is 3.63. The third-order valence-electron chi connectivity index (χ3n) is 3.17. The van der Waals surface area contributed by atoms with E-state index in [-0.39, 0.29) is 0 Å². The first-order valence-corrected chi connectivity index (χ1v) is 6.37. The van der Waals surface area contributed by atoms with Crippen molar-refractivity contribution in [2.75, 3.05) is 0 Å². The van der Waals surface area contributed by atoms with Gasteiger partial charge in [-0.2, -0.15) is 0 Å². The molecule has 0 fully saturated rings. The van der Waals surface area contributed by atoms with Crippen LogP contribution in [-0.4, -0.2) is 11.3 Å². The smallest absolute Gasteiger partial charge is 0.154 e. The quantitative estimate of drug-likeness (QED) is 0.675. The van der Waals surface area contributed by atoms with Gasteiger partial charge in [0.15, 0.2) is 6.29 Å². The highest BCUT2D eigenvalue weighted by atomic mass is 16.5. The molecule has 0 radical (unpaired) electrons. The number of ether oxygens (including phenoxy) is 1. The zero-order valence-corrected chi connectivity index (χ0v) is 10.8. The molecule has 0 spiro atoms. The number of hydrogen-bond donors (Lipinski definition) is 0. The van der Waals surface area contributed by atoms with Crippen LogP contribution >= 0.6 is 0 Å². The standard InChI is InChI=1S/C17H13NO2/c19-11-16-15-6-2-1-5-14(15)7-8-17(16)20-12-13-4-3-9-18-10-13/h1-11H,12H2. The van der Waals surface area contributed by atoms with Gasteiger partial charge in [0, 0.05) is 18.0 Å². The number of carbonyl (C=O) groups is 1. The summed E-state index contributed by atoms with van der Waals surface area (Å²) in [6.45, 7) is 0.396. The summed E-state index contributed by atoms with van der Waals surface area (Å²) in [5.41, 5.74) is 1.56. The van der Waals surface area contributed by atoms with Crippen molar-refractivity contribution in [3.8, 4) is 5.75 Å². The summed E-state index contributed by atoms with van der Waals surface area (Å²) in [5, 5.41) is 1.94. The maximum Gasteiger partial charge on any atom is 0.154 e. The second-order valence-electron chi connectivity index (χ2n) is 4.47. The lowest BCUT2D eigenvalue weighted by atomic mass is 10.0. The minimum Gasteiger partial charge on any atom is -0.488 e. The molecule has 3 nitrogen and oxygen atoms in total. The van der Waals surface area contributed by atoms with Crippen molar-refractivity contribution >= 4 is 17.1 Å². The summed E-state index contributed by atoms with van der Waals surface area (Å²) in [6, 6.07) is 15.4. The highest BCUT2D eigenvalue weighted by Gasteiger charge is 2.08. The molecule has 0 saturated heterocycles. The largest absolute Gasteiger partial charge is 0.488 e. The van der Waals surface area contributed by atoms with E-state index in [1.54, 1.807) is 12.4 Å². The monoisotopic (exact) mass is 263 g/mol. The first-order valence-electron chi connectivity index (χ1n) is 6.37. The Morgan fingerprint density at radius 2 is 1.95 bits per heavy atom. The highest BCUT2D eigenvalue weighted by Crippen LogP contribution is 2.27. The minimum atomic E-state index is 0.396. The molecular formula is C17H13NO2. The van der Waals surface area contributed by atoms with Crippen LogP contribution in [-0.2, 0) is 6.61 Å². The Labute approximate surface area is 116 Å². The van der Waals surface area contributed by atoms with Crippen molar-refractivity contribution in [2.24, 2.45) is 0 Å². The molecule has 0 atom stereocenters. The normalized spacial score (nSPS) is 10.4. The highest BCUT2D eigenvalue weighted by molar-refractivity contribution is 6.00. The number of hydrogen-bond acceptors (Lipinski definition) is 3. The maximum absolute atomic E-state index is 11.4. The molecule has 0 aliphatic rings. The SMILES string of the molecule is O=Cc1c(OCc2cccnc2)ccc2ccccc12. The van der Waals surface area contributed by atoms with E-state index in [0.29, 0.717) is 17.9 Å². The van der Waals surface area contributed by atoms with Crippen LogP contribution < -0.4 is 4.74 Å². The maximum atomic E-state index is 11.4. The molecule has 0 N–H and O–H groups in total. The van der Waals surface area contributed by atoms with E-state index in [9.17, 15) is 4.79 Å². The van der Waals surface area contributed by atoms with E-state index in [0.717, 1.165) is 22.6 Å². The molecule has 0 bridgehead atoms. The van der Waals surface area contributed by atoms with Crippen LogP contribution in [0, 0.1) is 0 Å². The van der Waals surface area contributed by atoms with Gasteiger partial charge in [0.2, 0.25) is 0 Å². The van der Waals surface area contributed by atoms with Gasteiger partial charge in [0.1, 0.15) is 12.4 Å². The molecule has 0 aliphatic heterocycles. The molecule has 0 saturated carbocycles. The summed E-state index contributed by atoms with van der Waals surface area (Å²) in [6.07, 6.45) is 4.32. The molecule has 1 heterocycles. The number of fused-ring (bicyclic) bond motifs is 1. The average molecular weight is 263 g/mol. The summed E-state index contributed by atoms with van der Waals surface area (Å²) >= 11 is 0. The lowest BCUT2D eigenvalue weighted by Gasteiger charge is -2.10. The fourth-order valence-corrected chi connectivity index (χ4v) is 2.17. The van der Waals surface area contributed by atoms with E-state index in [1.165, 1.54) is 0 Å². The number of benzene rings is 2. The van der Waals surface area contributed by atoms with Crippen molar-refractivity contribution in [3.05, 3.63) is 72.1 Å². The summed E-state index contributed by atoms with van der Waals surface area (Å²) < 4.78 is 5.75. The lowest BCUT2D eigenvalue weighted by Crippen LogP contribution is -1.99. The fourth-order valence-electron chi connectivity index (χ4n) is 2.17. The molecule has 0 aliphatic carbocycles. The van der Waals surface area contributed by atoms with E-state index in [4.69, 9.17) is 4.74 Å². The van der Waals surface area contributed by atoms with Gasteiger partial charge in [-0.05, 0) is 22.9 Å². The topological polar surface area (TPSA) is 39.2 Å². The Morgan fingerprint density at radius 3 is 2.75 bits per heavy atom. The summed E-state index contributed by atoms with van der Waals surface area (Å²) in [5.74, 6) is 0.600. The van der Waals surface area contributed by atoms with Crippen LogP contribution in [0.4, 0.5) is 0 Å². The van der Waals surface area contributed by atoms with Crippen LogP contribution in [0.15, 0.2) is 60.9 Å². The minimum absolute atomic E-state index is 0.396. The van der Waals surface area contributed by atoms with E-state index in [1.807, 2.05) is 48.5 Å². The number of aldehydes is 1. The zero-order chi connectivity index (χ0) is 13.8. The summed E-state index contributed by atoms with van der Waals surface area (Å²) in [7, 11) is 0. The van der Waals surface area contributed by atoms with Gasteiger partial charge >= 0.3 is 0 Å². The number of aromatic nitrogens is 1. The van der Waals surface area contributed by atoms with Gasteiger partial charge in [-0.15, -0.1) is 0 Å². The van der Waals surface area contributed by atoms with Crippen molar-refractivity contribution in [1.29, 1.82) is 0 Å². The van der Waals surface area contributed by atoms with Gasteiger partial charge in [0.25, 0.3) is 0 Å². The van der Waals surface area contributed by atoms with Crippen molar-refractivity contribution in [3.63, 3.8) is 0 Å². The Morgan fingerprint density at radius 1 is 1.05 bits per heavy atom. The Kier molecular flexibility index (Phi) is 3.42. The van der Waals surface area contributed by atoms with E-state index >= 15 is 0 Å². The molecule has 0 amide bonds. The molecule has 98 valence electrons. The first kappa shape index (κ1) is 12.4. The number of pyridine rings is 1. The molecule has 0 unspecified atom stereocenters. The van der Waals surface area contributed by atoms with E-state index < -0.39 is 0 Å². The van der Waals surface area contributed by atoms with Gasteiger partial charge in [0.05, 0.1) is 5.56 Å². The van der Waals surface area contributed by atoms with Crippen LogP contribution in [0.2, 0.25) is 0 Å². The molecular weight excluding hydrogens is 250 g/mol. The second-order valence-corrected chi connectivity index (χ2v) is 4.47. The third kappa shape index (κ3) is 2.38. The molecule has 3 heteroatoms. The van der Waals surface area contributed by atoms with Gasteiger partial charge in [-0.1, -0.05) is 36.4 Å². The average Bonchev–Trinajstić information content (AvgIpc) is 2.53. The van der Waals surface area contributed by atoms with Crippen LogP contribution in [0.5, 0.6) is 5.75 Å². The molecule has 3 rings (SSSR count). The zero-order valence-electron chi connectivity index (χ0n) is 10.8. The Balaban J connectivity index is 1.93. The molecule has 1 aromatic heterocycles. The van der Waals surface area contributed by atoms with Gasteiger partial charge < -0.3 is 4.74 Å². The fraction of sp³-hybridized carbons (Fsp3) is 0.0588. The number of nitrogens with zero attached hydrogens (tertiary/aromatic N) is 1. The number of rotatable bonds is 4. The van der Waals surface area contributed by atoms with E-state index in [2.05, 4.69) is 4.98 Å². The van der Waals surface area contributed by atoms with Crippen molar-refractivity contribution < 1.29 is 9.53 Å². The third-order valence-corrected chi connectivity index (χ3v) is 3.17. The molecule has 2 aromatic carbocycles. The first-order chi connectivity index (χ1) is 9.88.